The molecule has 1 aliphatic heterocycles. The van der Waals surface area contributed by atoms with E-state index in [-0.39, 0.29) is 36.7 Å². The maximum Gasteiger partial charge on any atom is 0.317 e. The van der Waals surface area contributed by atoms with E-state index in [9.17, 15) is 14.0 Å². The minimum Gasteiger partial charge on any atom is -0.480 e. The van der Waals surface area contributed by atoms with Crippen LogP contribution >= 0.6 is 12.4 Å². The van der Waals surface area contributed by atoms with E-state index in [4.69, 9.17) is 5.11 Å². The van der Waals surface area contributed by atoms with Crippen LogP contribution in [-0.2, 0) is 16.1 Å². The number of nitrogens with zero attached hydrogens (tertiary/aromatic N) is 3. The standard InChI is InChI=1S/C20H30FN3O3.ClH/c1-3-24(13-16-6-4-7-17(21)12-16)19(25)14-23-10-5-8-18(9-11-23)22(2)15-20(26)27;/h4,6-7,12,18H,3,5,8-11,13-15H2,1-2H3,(H,26,27);1H. The van der Waals surface area contributed by atoms with Gasteiger partial charge in [0.25, 0.3) is 0 Å². The van der Waals surface area contributed by atoms with Gasteiger partial charge in [-0.3, -0.25) is 19.4 Å². The SMILES string of the molecule is CCN(Cc1cccc(F)c1)C(=O)CN1CCCC(N(C)CC(=O)O)CC1.Cl. The van der Waals surface area contributed by atoms with E-state index in [1.807, 2.05) is 24.9 Å². The lowest BCUT2D eigenvalue weighted by atomic mass is 10.1. The van der Waals surface area contributed by atoms with Gasteiger partial charge >= 0.3 is 5.97 Å². The van der Waals surface area contributed by atoms with Gasteiger partial charge in [-0.2, -0.15) is 0 Å². The van der Waals surface area contributed by atoms with Gasteiger partial charge in [0, 0.05) is 25.7 Å². The van der Waals surface area contributed by atoms with Crippen LogP contribution in [0.25, 0.3) is 0 Å². The number of likely N-dealkylation sites (N-methyl/N-ethyl adjacent to an activating group) is 2. The second-order valence-corrected chi connectivity index (χ2v) is 7.21. The van der Waals surface area contributed by atoms with E-state index in [0.29, 0.717) is 19.6 Å². The molecule has 1 heterocycles. The Bertz CT molecular complexity index is 647. The van der Waals surface area contributed by atoms with Gasteiger partial charge in [-0.1, -0.05) is 12.1 Å². The molecule has 0 radical (unpaired) electrons. The maximum absolute atomic E-state index is 13.4. The number of carbonyl (C=O) groups excluding carboxylic acids is 1. The van der Waals surface area contributed by atoms with Gasteiger partial charge < -0.3 is 10.0 Å². The van der Waals surface area contributed by atoms with Gasteiger partial charge in [-0.15, -0.1) is 12.4 Å². The third-order valence-corrected chi connectivity index (χ3v) is 5.15. The molecule has 0 saturated carbocycles. The number of rotatable bonds is 8. The number of carboxylic acids is 1. The third-order valence-electron chi connectivity index (χ3n) is 5.15. The number of amides is 1. The summed E-state index contributed by atoms with van der Waals surface area (Å²) in [5.74, 6) is -1.07. The number of hydrogen-bond acceptors (Lipinski definition) is 4. The summed E-state index contributed by atoms with van der Waals surface area (Å²) in [6.45, 7) is 4.91. The molecule has 1 aromatic rings. The lowest BCUT2D eigenvalue weighted by molar-refractivity contribution is -0.138. The molecule has 28 heavy (non-hydrogen) atoms. The molecule has 158 valence electrons. The van der Waals surface area contributed by atoms with Crippen molar-refractivity contribution in [2.45, 2.75) is 38.8 Å². The van der Waals surface area contributed by atoms with Crippen molar-refractivity contribution >= 4 is 24.3 Å². The summed E-state index contributed by atoms with van der Waals surface area (Å²) in [4.78, 5) is 29.4. The zero-order valence-corrected chi connectivity index (χ0v) is 17.5. The molecule has 0 spiro atoms. The Morgan fingerprint density at radius 2 is 2.04 bits per heavy atom. The first-order chi connectivity index (χ1) is 12.9. The molecule has 6 nitrogen and oxygen atoms in total. The monoisotopic (exact) mass is 415 g/mol. The highest BCUT2D eigenvalue weighted by atomic mass is 35.5. The fourth-order valence-corrected chi connectivity index (χ4v) is 3.60. The van der Waals surface area contributed by atoms with Crippen LogP contribution in [0.3, 0.4) is 0 Å². The predicted octanol–water partition coefficient (Wildman–Crippen LogP) is 2.47. The van der Waals surface area contributed by atoms with Crippen LogP contribution in [-0.4, -0.2) is 77.5 Å². The lowest BCUT2D eigenvalue weighted by Crippen LogP contribution is -2.41. The molecule has 1 aliphatic rings. The Morgan fingerprint density at radius 3 is 2.68 bits per heavy atom. The number of benzene rings is 1. The Morgan fingerprint density at radius 1 is 1.29 bits per heavy atom. The maximum atomic E-state index is 13.4. The highest BCUT2D eigenvalue weighted by Gasteiger charge is 2.24. The van der Waals surface area contributed by atoms with E-state index in [2.05, 4.69) is 4.90 Å². The second kappa shape index (κ2) is 12.0. The van der Waals surface area contributed by atoms with Crippen LogP contribution < -0.4 is 0 Å². The highest BCUT2D eigenvalue weighted by molar-refractivity contribution is 5.85. The molecule has 0 aliphatic carbocycles. The molecule has 1 atom stereocenters. The second-order valence-electron chi connectivity index (χ2n) is 7.21. The molecule has 1 N–H and O–H groups in total. The summed E-state index contributed by atoms with van der Waals surface area (Å²) < 4.78 is 13.4. The van der Waals surface area contributed by atoms with E-state index >= 15 is 0 Å². The zero-order valence-electron chi connectivity index (χ0n) is 16.6. The highest BCUT2D eigenvalue weighted by Crippen LogP contribution is 2.16. The van der Waals surface area contributed by atoms with E-state index < -0.39 is 5.97 Å². The van der Waals surface area contributed by atoms with E-state index in [0.717, 1.165) is 37.9 Å². The molecule has 1 fully saturated rings. The number of aliphatic carboxylic acids is 1. The molecule has 8 heteroatoms. The van der Waals surface area contributed by atoms with Crippen molar-refractivity contribution in [3.8, 4) is 0 Å². The van der Waals surface area contributed by atoms with Crippen LogP contribution in [0.2, 0.25) is 0 Å². The summed E-state index contributed by atoms with van der Waals surface area (Å²) in [5, 5.41) is 8.96. The Labute approximate surface area is 172 Å². The molecular weight excluding hydrogens is 385 g/mol. The van der Waals surface area contributed by atoms with Crippen molar-refractivity contribution in [1.82, 2.24) is 14.7 Å². The molecule has 0 bridgehead atoms. The van der Waals surface area contributed by atoms with Crippen molar-refractivity contribution in [2.24, 2.45) is 0 Å². The van der Waals surface area contributed by atoms with Gasteiger partial charge in [-0.05, 0) is 57.5 Å². The topological polar surface area (TPSA) is 64.1 Å². The van der Waals surface area contributed by atoms with Crippen molar-refractivity contribution in [2.75, 3.05) is 39.8 Å². The number of hydrogen-bond donors (Lipinski definition) is 1. The fraction of sp³-hybridized carbons (Fsp3) is 0.600. The number of halogens is 2. The summed E-state index contributed by atoms with van der Waals surface area (Å²) in [5.41, 5.74) is 0.788. The van der Waals surface area contributed by atoms with Gasteiger partial charge in [0.2, 0.25) is 5.91 Å². The molecular formula is C20H31ClFN3O3. The predicted molar refractivity (Wildman–Crippen MR) is 109 cm³/mol. The molecule has 1 unspecified atom stereocenters. The summed E-state index contributed by atoms with van der Waals surface area (Å²) in [6.07, 6.45) is 2.74. The smallest absolute Gasteiger partial charge is 0.317 e. The summed E-state index contributed by atoms with van der Waals surface area (Å²) in [6, 6.07) is 6.58. The molecule has 2 rings (SSSR count). The Balaban J connectivity index is 0.00000392. The summed E-state index contributed by atoms with van der Waals surface area (Å²) >= 11 is 0. The quantitative estimate of drug-likeness (QED) is 0.706. The van der Waals surface area contributed by atoms with Gasteiger partial charge in [0.1, 0.15) is 5.82 Å². The van der Waals surface area contributed by atoms with Crippen LogP contribution in [0.5, 0.6) is 0 Å². The number of carboxylic acid groups (broad SMARTS) is 1. The first-order valence-electron chi connectivity index (χ1n) is 9.55. The number of likely N-dealkylation sites (tertiary alicyclic amines) is 1. The Kier molecular flexibility index (Phi) is 10.4. The minimum atomic E-state index is -0.815. The van der Waals surface area contributed by atoms with E-state index in [1.54, 1.807) is 11.0 Å². The van der Waals surface area contributed by atoms with Gasteiger partial charge in [0.05, 0.1) is 13.1 Å². The molecule has 1 amide bonds. The average molecular weight is 416 g/mol. The van der Waals surface area contributed by atoms with Crippen LogP contribution in [0.15, 0.2) is 24.3 Å². The minimum absolute atomic E-state index is 0. The third kappa shape index (κ3) is 7.73. The van der Waals surface area contributed by atoms with Gasteiger partial charge in [0.15, 0.2) is 0 Å². The normalized spacial score (nSPS) is 17.6. The average Bonchev–Trinajstić information content (AvgIpc) is 2.84. The number of carbonyl (C=O) groups is 2. The van der Waals surface area contributed by atoms with Crippen molar-refractivity contribution in [1.29, 1.82) is 0 Å². The van der Waals surface area contributed by atoms with Crippen LogP contribution in [0.4, 0.5) is 4.39 Å². The van der Waals surface area contributed by atoms with Gasteiger partial charge in [-0.25, -0.2) is 4.39 Å². The van der Waals surface area contributed by atoms with Crippen LogP contribution in [0.1, 0.15) is 31.7 Å². The summed E-state index contributed by atoms with van der Waals surface area (Å²) in [7, 11) is 1.84. The fourth-order valence-electron chi connectivity index (χ4n) is 3.60. The van der Waals surface area contributed by atoms with Crippen molar-refractivity contribution in [3.05, 3.63) is 35.6 Å². The zero-order chi connectivity index (χ0) is 19.8. The molecule has 0 aromatic heterocycles. The Hall–Kier alpha value is -1.70. The van der Waals surface area contributed by atoms with E-state index in [1.165, 1.54) is 12.1 Å². The molecule has 1 saturated heterocycles. The largest absolute Gasteiger partial charge is 0.480 e. The first-order valence-corrected chi connectivity index (χ1v) is 9.55. The lowest BCUT2D eigenvalue weighted by Gasteiger charge is -2.27. The molecule has 1 aromatic carbocycles. The van der Waals surface area contributed by atoms with Crippen molar-refractivity contribution in [3.63, 3.8) is 0 Å². The van der Waals surface area contributed by atoms with Crippen LogP contribution in [0, 0.1) is 5.82 Å². The first kappa shape index (κ1) is 24.3. The van der Waals surface area contributed by atoms with Crippen molar-refractivity contribution < 1.29 is 19.1 Å².